The molecule has 0 saturated carbocycles. The molecule has 0 spiro atoms. The summed E-state index contributed by atoms with van der Waals surface area (Å²) in [5.74, 6) is 2.40. The summed E-state index contributed by atoms with van der Waals surface area (Å²) >= 11 is 1.60. The molecule has 28 heavy (non-hydrogen) atoms. The molecule has 144 valence electrons. The van der Waals surface area contributed by atoms with Crippen LogP contribution in [-0.4, -0.2) is 40.7 Å². The Bertz CT molecular complexity index is 983. The Morgan fingerprint density at radius 3 is 3.14 bits per heavy atom. The van der Waals surface area contributed by atoms with Gasteiger partial charge in [0.1, 0.15) is 5.75 Å². The van der Waals surface area contributed by atoms with Crippen LogP contribution in [0.15, 0.2) is 39.4 Å². The fraction of sp³-hybridized carbons (Fsp3) is 0.381. The lowest BCUT2D eigenvalue weighted by Crippen LogP contribution is -2.30. The maximum Gasteiger partial charge on any atom is 0.248 e. The van der Waals surface area contributed by atoms with Gasteiger partial charge in [0.15, 0.2) is 0 Å². The predicted molar refractivity (Wildman–Crippen MR) is 106 cm³/mol. The lowest BCUT2D eigenvalue weighted by molar-refractivity contribution is -0.129. The topological polar surface area (TPSA) is 68.5 Å². The van der Waals surface area contributed by atoms with E-state index in [4.69, 9.17) is 9.15 Å². The van der Waals surface area contributed by atoms with Gasteiger partial charge in [-0.05, 0) is 47.9 Å². The highest BCUT2D eigenvalue weighted by molar-refractivity contribution is 7.08. The molecule has 0 N–H and O–H groups in total. The van der Waals surface area contributed by atoms with Gasteiger partial charge >= 0.3 is 0 Å². The van der Waals surface area contributed by atoms with Crippen molar-refractivity contribution in [2.75, 3.05) is 19.7 Å². The Morgan fingerprint density at radius 2 is 2.25 bits per heavy atom. The van der Waals surface area contributed by atoms with Gasteiger partial charge in [-0.3, -0.25) is 4.79 Å². The molecular weight excluding hydrogens is 374 g/mol. The van der Waals surface area contributed by atoms with Crippen molar-refractivity contribution >= 4 is 17.2 Å². The third kappa shape index (κ3) is 3.42. The fourth-order valence-corrected chi connectivity index (χ4v) is 4.53. The SMILES string of the molecule is O=C(Cc1ccc2c(c1)CCCO2)N1CCC(c2nnc(-c3ccsc3)o2)C1. The van der Waals surface area contributed by atoms with Gasteiger partial charge in [-0.25, -0.2) is 0 Å². The predicted octanol–water partition coefficient (Wildman–Crippen LogP) is 3.68. The van der Waals surface area contributed by atoms with E-state index in [0.29, 0.717) is 24.7 Å². The molecule has 5 rings (SSSR count). The summed E-state index contributed by atoms with van der Waals surface area (Å²) < 4.78 is 11.5. The number of aryl methyl sites for hydroxylation is 1. The highest BCUT2D eigenvalue weighted by Crippen LogP contribution is 2.30. The highest BCUT2D eigenvalue weighted by atomic mass is 32.1. The summed E-state index contributed by atoms with van der Waals surface area (Å²) in [6, 6.07) is 8.08. The zero-order chi connectivity index (χ0) is 18.9. The van der Waals surface area contributed by atoms with Crippen LogP contribution in [0.5, 0.6) is 5.75 Å². The van der Waals surface area contributed by atoms with Gasteiger partial charge in [-0.1, -0.05) is 12.1 Å². The maximum atomic E-state index is 12.8. The Kier molecular flexibility index (Phi) is 4.60. The van der Waals surface area contributed by atoms with Crippen LogP contribution in [0, 0.1) is 0 Å². The van der Waals surface area contributed by atoms with Crippen LogP contribution in [0.3, 0.4) is 0 Å². The number of amides is 1. The number of benzene rings is 1. The van der Waals surface area contributed by atoms with Crippen LogP contribution in [0.25, 0.3) is 11.5 Å². The molecule has 0 radical (unpaired) electrons. The second kappa shape index (κ2) is 7.39. The maximum absolute atomic E-state index is 12.8. The van der Waals surface area contributed by atoms with Crippen LogP contribution in [0.2, 0.25) is 0 Å². The summed E-state index contributed by atoms with van der Waals surface area (Å²) in [5.41, 5.74) is 3.21. The smallest absolute Gasteiger partial charge is 0.248 e. The van der Waals surface area contributed by atoms with Crippen molar-refractivity contribution in [1.29, 1.82) is 0 Å². The standard InChI is InChI=1S/C21H21N3O3S/c25-19(11-14-3-4-18-15(10-14)2-1-8-26-18)24-7-5-16(12-24)20-22-23-21(27-20)17-6-9-28-13-17/h3-4,6,9-10,13,16H,1-2,5,7-8,11-12H2. The Labute approximate surface area is 167 Å². The molecule has 1 amide bonds. The lowest BCUT2D eigenvalue weighted by Gasteiger charge is -2.19. The molecule has 7 heteroatoms. The van der Waals surface area contributed by atoms with Crippen LogP contribution >= 0.6 is 11.3 Å². The van der Waals surface area contributed by atoms with E-state index in [1.54, 1.807) is 11.3 Å². The first kappa shape index (κ1) is 17.4. The molecule has 2 aliphatic heterocycles. The minimum absolute atomic E-state index is 0.112. The number of likely N-dealkylation sites (tertiary alicyclic amines) is 1. The molecule has 1 unspecified atom stereocenters. The summed E-state index contributed by atoms with van der Waals surface area (Å²) in [7, 11) is 0. The van der Waals surface area contributed by atoms with E-state index in [0.717, 1.165) is 49.3 Å². The number of carbonyl (C=O) groups is 1. The molecule has 6 nitrogen and oxygen atoms in total. The number of nitrogens with zero attached hydrogens (tertiary/aromatic N) is 3. The number of rotatable bonds is 4. The van der Waals surface area contributed by atoms with Gasteiger partial charge in [0.05, 0.1) is 18.9 Å². The van der Waals surface area contributed by atoms with Crippen molar-refractivity contribution in [3.8, 4) is 17.2 Å². The number of aromatic nitrogens is 2. The average Bonchev–Trinajstić information content (AvgIpc) is 3.48. The number of hydrogen-bond donors (Lipinski definition) is 0. The van der Waals surface area contributed by atoms with Gasteiger partial charge in [0.25, 0.3) is 0 Å². The largest absolute Gasteiger partial charge is 0.493 e. The van der Waals surface area contributed by atoms with Gasteiger partial charge in [0.2, 0.25) is 17.7 Å². The van der Waals surface area contributed by atoms with Crippen LogP contribution in [0.1, 0.15) is 35.8 Å². The molecule has 0 bridgehead atoms. The van der Waals surface area contributed by atoms with Crippen molar-refractivity contribution in [3.63, 3.8) is 0 Å². The van der Waals surface area contributed by atoms with E-state index in [9.17, 15) is 4.79 Å². The van der Waals surface area contributed by atoms with E-state index in [2.05, 4.69) is 16.3 Å². The summed E-state index contributed by atoms with van der Waals surface area (Å²) in [4.78, 5) is 14.7. The second-order valence-corrected chi connectivity index (χ2v) is 8.13. The second-order valence-electron chi connectivity index (χ2n) is 7.35. The number of hydrogen-bond acceptors (Lipinski definition) is 6. The van der Waals surface area contributed by atoms with Crippen molar-refractivity contribution in [2.24, 2.45) is 0 Å². The van der Waals surface area contributed by atoms with Crippen LogP contribution in [0.4, 0.5) is 0 Å². The minimum atomic E-state index is 0.112. The zero-order valence-corrected chi connectivity index (χ0v) is 16.3. The van der Waals surface area contributed by atoms with E-state index in [1.165, 1.54) is 5.56 Å². The first-order chi connectivity index (χ1) is 13.8. The Hall–Kier alpha value is -2.67. The third-order valence-corrected chi connectivity index (χ3v) is 6.11. The number of fused-ring (bicyclic) bond motifs is 1. The molecule has 1 atom stereocenters. The molecule has 2 aromatic heterocycles. The number of ether oxygens (including phenoxy) is 1. The molecule has 1 saturated heterocycles. The van der Waals surface area contributed by atoms with Gasteiger partial charge < -0.3 is 14.1 Å². The molecule has 1 aromatic carbocycles. The van der Waals surface area contributed by atoms with Gasteiger partial charge in [0, 0.05) is 24.0 Å². The van der Waals surface area contributed by atoms with E-state index < -0.39 is 0 Å². The number of thiophene rings is 1. The van der Waals surface area contributed by atoms with Gasteiger partial charge in [-0.15, -0.1) is 10.2 Å². The molecule has 0 aliphatic carbocycles. The molecular formula is C21H21N3O3S. The Balaban J connectivity index is 1.23. The van der Waals surface area contributed by atoms with Crippen LogP contribution < -0.4 is 4.74 Å². The van der Waals surface area contributed by atoms with E-state index >= 15 is 0 Å². The normalized spacial score (nSPS) is 18.7. The zero-order valence-electron chi connectivity index (χ0n) is 15.5. The van der Waals surface area contributed by atoms with E-state index in [1.807, 2.05) is 33.9 Å². The highest BCUT2D eigenvalue weighted by Gasteiger charge is 2.31. The van der Waals surface area contributed by atoms with Crippen molar-refractivity contribution in [2.45, 2.75) is 31.6 Å². The fourth-order valence-electron chi connectivity index (χ4n) is 3.90. The van der Waals surface area contributed by atoms with E-state index in [-0.39, 0.29) is 11.8 Å². The van der Waals surface area contributed by atoms with Crippen molar-refractivity contribution in [1.82, 2.24) is 15.1 Å². The van der Waals surface area contributed by atoms with Crippen LogP contribution in [-0.2, 0) is 17.6 Å². The summed E-state index contributed by atoms with van der Waals surface area (Å²) in [6.07, 6.45) is 3.33. The first-order valence-corrected chi connectivity index (χ1v) is 10.6. The quantitative estimate of drug-likeness (QED) is 0.674. The lowest BCUT2D eigenvalue weighted by atomic mass is 10.0. The van der Waals surface area contributed by atoms with Crippen molar-refractivity contribution < 1.29 is 13.9 Å². The molecule has 1 fully saturated rings. The molecule has 2 aliphatic rings. The molecule has 4 heterocycles. The minimum Gasteiger partial charge on any atom is -0.493 e. The third-order valence-electron chi connectivity index (χ3n) is 5.43. The summed E-state index contributed by atoms with van der Waals surface area (Å²) in [6.45, 7) is 2.15. The van der Waals surface area contributed by atoms with Crippen molar-refractivity contribution in [3.05, 3.63) is 52.0 Å². The number of carbonyl (C=O) groups excluding carboxylic acids is 1. The summed E-state index contributed by atoms with van der Waals surface area (Å²) in [5, 5.41) is 12.4. The molecule has 3 aromatic rings. The monoisotopic (exact) mass is 395 g/mol. The first-order valence-electron chi connectivity index (χ1n) is 9.64. The van der Waals surface area contributed by atoms with Gasteiger partial charge in [-0.2, -0.15) is 11.3 Å². The Morgan fingerprint density at radius 1 is 1.29 bits per heavy atom. The average molecular weight is 395 g/mol.